The zero-order chi connectivity index (χ0) is 24.6. The van der Waals surface area contributed by atoms with Crippen molar-refractivity contribution >= 4 is 23.3 Å². The van der Waals surface area contributed by atoms with E-state index < -0.39 is 17.9 Å². The monoisotopic (exact) mass is 504 g/mol. The van der Waals surface area contributed by atoms with E-state index in [-0.39, 0.29) is 24.9 Å². The van der Waals surface area contributed by atoms with Crippen LogP contribution in [0.5, 0.6) is 11.5 Å². The van der Waals surface area contributed by atoms with Gasteiger partial charge in [0, 0.05) is 56.5 Å². The van der Waals surface area contributed by atoms with E-state index in [2.05, 4.69) is 4.90 Å². The molecule has 0 bridgehead atoms. The molecule has 1 unspecified atom stereocenters. The van der Waals surface area contributed by atoms with E-state index >= 15 is 0 Å². The third-order valence-electron chi connectivity index (χ3n) is 7.21. The normalized spacial score (nSPS) is 23.3. The van der Waals surface area contributed by atoms with Gasteiger partial charge >= 0.3 is 5.97 Å². The number of likely N-dealkylation sites (tertiary alicyclic amines) is 1. The molecule has 2 saturated heterocycles. The third-order valence-corrected chi connectivity index (χ3v) is 7.45. The first-order valence-corrected chi connectivity index (χ1v) is 12.5. The average molecular weight is 505 g/mol. The van der Waals surface area contributed by atoms with E-state index in [9.17, 15) is 14.3 Å². The number of rotatable bonds is 6. The van der Waals surface area contributed by atoms with E-state index in [0.717, 1.165) is 48.7 Å². The zero-order valence-corrected chi connectivity index (χ0v) is 20.5. The Bertz CT molecular complexity index is 1090. The van der Waals surface area contributed by atoms with Crippen LogP contribution in [-0.4, -0.2) is 73.1 Å². The van der Waals surface area contributed by atoms with Crippen molar-refractivity contribution in [3.05, 3.63) is 52.8 Å². The number of benzene rings is 2. The number of fused-ring (bicyclic) bond motifs is 1. The topological polar surface area (TPSA) is 71.5 Å². The molecular weight excluding hydrogens is 475 g/mol. The van der Waals surface area contributed by atoms with Gasteiger partial charge in [0.15, 0.2) is 6.61 Å². The maximum atomic E-state index is 14.1. The second kappa shape index (κ2) is 9.84. The minimum atomic E-state index is -0.592. The summed E-state index contributed by atoms with van der Waals surface area (Å²) in [5.74, 6) is 0.416. The molecule has 2 aromatic carbocycles. The van der Waals surface area contributed by atoms with Crippen molar-refractivity contribution in [1.82, 2.24) is 4.90 Å². The van der Waals surface area contributed by atoms with Crippen LogP contribution in [-0.2, 0) is 16.0 Å². The summed E-state index contributed by atoms with van der Waals surface area (Å²) in [5, 5.41) is 11.6. The molecule has 1 spiro atoms. The van der Waals surface area contributed by atoms with Crippen molar-refractivity contribution in [2.24, 2.45) is 0 Å². The maximum absolute atomic E-state index is 14.1. The molecule has 0 saturated carbocycles. The summed E-state index contributed by atoms with van der Waals surface area (Å²) < 4.78 is 31.0. The molecule has 3 aliphatic rings. The van der Waals surface area contributed by atoms with Crippen LogP contribution in [0.2, 0.25) is 5.02 Å². The van der Waals surface area contributed by atoms with Gasteiger partial charge in [0.1, 0.15) is 22.9 Å². The number of piperidine rings is 1. The van der Waals surface area contributed by atoms with E-state index in [1.54, 1.807) is 6.92 Å². The summed E-state index contributed by atoms with van der Waals surface area (Å²) in [6.45, 7) is 4.21. The van der Waals surface area contributed by atoms with E-state index in [4.69, 9.17) is 25.8 Å². The SMILES string of the molecule is CCOC(=O)COc1ccc(F)cc1N1CC(N2CCC3(CC2)Cc2cc(Cl)ccc2O3)[C@H](O)C1. The Morgan fingerprint density at radius 3 is 2.80 bits per heavy atom. The second-order valence-corrected chi connectivity index (χ2v) is 9.93. The number of hydrogen-bond donors (Lipinski definition) is 1. The molecule has 5 rings (SSSR count). The highest BCUT2D eigenvalue weighted by Gasteiger charge is 2.45. The highest BCUT2D eigenvalue weighted by Crippen LogP contribution is 2.43. The Labute approximate surface area is 209 Å². The van der Waals surface area contributed by atoms with Crippen LogP contribution in [0.15, 0.2) is 36.4 Å². The van der Waals surface area contributed by atoms with Gasteiger partial charge in [0.2, 0.25) is 0 Å². The van der Waals surface area contributed by atoms with Crippen molar-refractivity contribution in [3.8, 4) is 11.5 Å². The van der Waals surface area contributed by atoms with Gasteiger partial charge in [-0.25, -0.2) is 9.18 Å². The maximum Gasteiger partial charge on any atom is 0.344 e. The molecular formula is C26H30ClFN2O5. The molecule has 35 heavy (non-hydrogen) atoms. The standard InChI is InChI=1S/C26H30ClFN2O5/c1-2-33-25(32)16-34-24-6-4-19(28)12-20(24)30-14-21(22(31)15-30)29-9-7-26(8-10-29)13-17-11-18(27)3-5-23(17)35-26/h3-6,11-12,21-22,31H,2,7-10,13-16H2,1H3/t21?,22-/m1/s1. The summed E-state index contributed by atoms with van der Waals surface area (Å²) in [6, 6.07) is 9.88. The van der Waals surface area contributed by atoms with Gasteiger partial charge in [-0.15, -0.1) is 0 Å². The molecule has 0 aliphatic carbocycles. The van der Waals surface area contributed by atoms with Crippen molar-refractivity contribution in [3.63, 3.8) is 0 Å². The van der Waals surface area contributed by atoms with Crippen molar-refractivity contribution in [1.29, 1.82) is 0 Å². The Hall–Kier alpha value is -2.55. The smallest absolute Gasteiger partial charge is 0.344 e. The number of esters is 1. The number of halogens is 2. The zero-order valence-electron chi connectivity index (χ0n) is 19.7. The van der Waals surface area contributed by atoms with Gasteiger partial charge in [-0.3, -0.25) is 4.90 Å². The van der Waals surface area contributed by atoms with E-state index in [0.29, 0.717) is 24.5 Å². The van der Waals surface area contributed by atoms with Crippen LogP contribution in [0, 0.1) is 5.82 Å². The van der Waals surface area contributed by atoms with Crippen LogP contribution in [0.1, 0.15) is 25.3 Å². The molecule has 0 amide bonds. The largest absolute Gasteiger partial charge is 0.487 e. The molecule has 2 fully saturated rings. The minimum absolute atomic E-state index is 0.0910. The van der Waals surface area contributed by atoms with E-state index in [1.807, 2.05) is 23.1 Å². The van der Waals surface area contributed by atoms with Crippen LogP contribution < -0.4 is 14.4 Å². The second-order valence-electron chi connectivity index (χ2n) is 9.50. The quantitative estimate of drug-likeness (QED) is 0.604. The number of nitrogens with zero attached hydrogens (tertiary/aromatic N) is 2. The third kappa shape index (κ3) is 5.06. The van der Waals surface area contributed by atoms with Gasteiger partial charge in [-0.2, -0.15) is 0 Å². The Morgan fingerprint density at radius 2 is 2.03 bits per heavy atom. The molecule has 3 aliphatic heterocycles. The molecule has 188 valence electrons. The molecule has 7 nitrogen and oxygen atoms in total. The summed E-state index contributed by atoms with van der Waals surface area (Å²) in [7, 11) is 0. The Balaban J connectivity index is 1.23. The van der Waals surface area contributed by atoms with Crippen LogP contribution in [0.3, 0.4) is 0 Å². The number of aliphatic hydroxyl groups excluding tert-OH is 1. The fraction of sp³-hybridized carbons (Fsp3) is 0.500. The lowest BCUT2D eigenvalue weighted by molar-refractivity contribution is -0.145. The fourth-order valence-corrected chi connectivity index (χ4v) is 5.66. The first kappa shape index (κ1) is 24.2. The van der Waals surface area contributed by atoms with E-state index in [1.165, 1.54) is 18.2 Å². The van der Waals surface area contributed by atoms with Gasteiger partial charge < -0.3 is 24.2 Å². The summed E-state index contributed by atoms with van der Waals surface area (Å²) in [4.78, 5) is 15.9. The molecule has 9 heteroatoms. The number of carbonyl (C=O) groups excluding carboxylic acids is 1. The predicted molar refractivity (Wildman–Crippen MR) is 130 cm³/mol. The van der Waals surface area contributed by atoms with Crippen LogP contribution in [0.25, 0.3) is 0 Å². The highest BCUT2D eigenvalue weighted by molar-refractivity contribution is 6.30. The molecule has 1 N–H and O–H groups in total. The van der Waals surface area contributed by atoms with Gasteiger partial charge in [0.05, 0.1) is 24.4 Å². The first-order chi connectivity index (χ1) is 16.9. The Morgan fingerprint density at radius 1 is 1.23 bits per heavy atom. The first-order valence-electron chi connectivity index (χ1n) is 12.1. The number of hydrogen-bond acceptors (Lipinski definition) is 7. The number of carbonyl (C=O) groups is 1. The highest BCUT2D eigenvalue weighted by atomic mass is 35.5. The van der Waals surface area contributed by atoms with Crippen LogP contribution >= 0.6 is 11.6 Å². The summed E-state index contributed by atoms with van der Waals surface area (Å²) in [6.07, 6.45) is 1.97. The number of β-amino-alcohol motifs (C(OH)–C–C–N with tert-alkyl or cyclic N) is 1. The molecule has 2 atom stereocenters. The number of aliphatic hydroxyl groups is 1. The molecule has 0 aromatic heterocycles. The summed E-state index contributed by atoms with van der Waals surface area (Å²) in [5.41, 5.74) is 1.46. The lowest BCUT2D eigenvalue weighted by atomic mass is 9.86. The van der Waals surface area contributed by atoms with Crippen molar-refractivity contribution in [2.75, 3.05) is 44.3 Å². The van der Waals surface area contributed by atoms with Gasteiger partial charge in [-0.05, 0) is 42.8 Å². The molecule has 2 aromatic rings. The molecule has 3 heterocycles. The Kier molecular flexibility index (Phi) is 6.79. The lowest BCUT2D eigenvalue weighted by Gasteiger charge is -2.41. The average Bonchev–Trinajstić information content (AvgIpc) is 3.38. The van der Waals surface area contributed by atoms with Crippen molar-refractivity contribution in [2.45, 2.75) is 43.9 Å². The number of anilines is 1. The van der Waals surface area contributed by atoms with Crippen LogP contribution in [0.4, 0.5) is 10.1 Å². The minimum Gasteiger partial charge on any atom is -0.487 e. The predicted octanol–water partition coefficient (Wildman–Crippen LogP) is 3.44. The van der Waals surface area contributed by atoms with Crippen molar-refractivity contribution < 1.29 is 28.5 Å². The number of ether oxygens (including phenoxy) is 3. The molecule has 0 radical (unpaired) electrons. The lowest BCUT2D eigenvalue weighted by Crippen LogP contribution is -2.53. The summed E-state index contributed by atoms with van der Waals surface area (Å²) >= 11 is 6.16. The fourth-order valence-electron chi connectivity index (χ4n) is 5.47. The van der Waals surface area contributed by atoms with Gasteiger partial charge in [0.25, 0.3) is 0 Å². The van der Waals surface area contributed by atoms with Gasteiger partial charge in [-0.1, -0.05) is 11.6 Å².